The van der Waals surface area contributed by atoms with Gasteiger partial charge in [0, 0.05) is 19.3 Å². The lowest BCUT2D eigenvalue weighted by atomic mass is 10.0. The Kier molecular flexibility index (Phi) is 59.2. The highest BCUT2D eigenvalue weighted by Gasteiger charge is 2.19. The second-order valence-electron chi connectivity index (χ2n) is 21.7. The monoisotopic (exact) mass is 1010 g/mol. The number of rotatable bonds is 59. The SMILES string of the molecule is CCCCCCC/C=C\C/C=C\CCCCCCCCCCCCCC(=O)OC(COC(=O)CCCCCCCC)COC(=O)CCCCCCCCCCCCCCC/C=C\CCCCCCCCCC. The number of hydrogen-bond acceptors (Lipinski definition) is 6. The van der Waals surface area contributed by atoms with Gasteiger partial charge in [-0.1, -0.05) is 288 Å². The van der Waals surface area contributed by atoms with Crippen LogP contribution in [0.1, 0.15) is 348 Å². The Labute approximate surface area is 448 Å². The van der Waals surface area contributed by atoms with Crippen LogP contribution in [0.4, 0.5) is 0 Å². The Hall–Kier alpha value is -2.37. The van der Waals surface area contributed by atoms with Crippen molar-refractivity contribution in [2.24, 2.45) is 0 Å². The first kappa shape index (κ1) is 69.6. The molecule has 0 N–H and O–H groups in total. The normalized spacial score (nSPS) is 12.2. The van der Waals surface area contributed by atoms with Crippen LogP contribution in [0.3, 0.4) is 0 Å². The number of hydrogen-bond donors (Lipinski definition) is 0. The fraction of sp³-hybridized carbons (Fsp3) is 0.864. The Balaban J connectivity index is 4.05. The molecule has 1 unspecified atom stereocenters. The number of unbranched alkanes of at least 4 members (excludes halogenated alkanes) is 42. The molecule has 6 nitrogen and oxygen atoms in total. The molecule has 0 bridgehead atoms. The first-order valence-corrected chi connectivity index (χ1v) is 32.0. The molecule has 0 aromatic carbocycles. The minimum atomic E-state index is -0.769. The van der Waals surface area contributed by atoms with Gasteiger partial charge in [-0.05, 0) is 77.0 Å². The summed E-state index contributed by atoms with van der Waals surface area (Å²) >= 11 is 0. The van der Waals surface area contributed by atoms with Gasteiger partial charge in [-0.15, -0.1) is 0 Å². The molecular formula is C66H122O6. The topological polar surface area (TPSA) is 78.9 Å². The molecule has 0 spiro atoms. The van der Waals surface area contributed by atoms with Gasteiger partial charge in [0.1, 0.15) is 13.2 Å². The van der Waals surface area contributed by atoms with Crippen molar-refractivity contribution in [2.75, 3.05) is 13.2 Å². The van der Waals surface area contributed by atoms with E-state index in [1.165, 1.54) is 244 Å². The average Bonchev–Trinajstić information content (AvgIpc) is 3.38. The standard InChI is InChI=1S/C66H122O6/c1-4-7-10-13-16-18-20-22-24-26-28-30-32-33-35-36-38-40-42-44-46-48-50-53-56-59-65(68)71-62-63(61-70-64(67)58-55-52-15-12-9-6-3)72-66(69)60-57-54-51-49-47-45-43-41-39-37-34-31-29-27-25-23-21-19-17-14-11-8-5-2/h21,23,26-29,63H,4-20,22,24-25,30-62H2,1-3H3/b23-21-,28-26-,29-27-. The molecule has 422 valence electrons. The third kappa shape index (κ3) is 58.5. The van der Waals surface area contributed by atoms with E-state index in [1.807, 2.05) is 0 Å². The predicted molar refractivity (Wildman–Crippen MR) is 312 cm³/mol. The van der Waals surface area contributed by atoms with Crippen molar-refractivity contribution in [1.82, 2.24) is 0 Å². The molecular weight excluding hydrogens is 889 g/mol. The number of carbonyl (C=O) groups excluding carboxylic acids is 3. The van der Waals surface area contributed by atoms with Gasteiger partial charge in [0.2, 0.25) is 0 Å². The number of ether oxygens (including phenoxy) is 3. The van der Waals surface area contributed by atoms with E-state index in [0.717, 1.165) is 64.2 Å². The van der Waals surface area contributed by atoms with E-state index in [1.54, 1.807) is 0 Å². The van der Waals surface area contributed by atoms with Crippen LogP contribution in [0.5, 0.6) is 0 Å². The summed E-state index contributed by atoms with van der Waals surface area (Å²) in [5.74, 6) is -0.862. The maximum Gasteiger partial charge on any atom is 0.306 e. The van der Waals surface area contributed by atoms with E-state index < -0.39 is 6.10 Å². The Morgan fingerprint density at radius 2 is 0.500 bits per heavy atom. The number of esters is 3. The minimum Gasteiger partial charge on any atom is -0.462 e. The molecule has 0 saturated carbocycles. The first-order valence-electron chi connectivity index (χ1n) is 32.0. The van der Waals surface area contributed by atoms with Crippen LogP contribution in [0, 0.1) is 0 Å². The molecule has 0 aliphatic heterocycles. The molecule has 0 rings (SSSR count). The molecule has 0 fully saturated rings. The highest BCUT2D eigenvalue weighted by atomic mass is 16.6. The summed E-state index contributed by atoms with van der Waals surface area (Å²) in [7, 11) is 0. The summed E-state index contributed by atoms with van der Waals surface area (Å²) in [5.41, 5.74) is 0. The zero-order chi connectivity index (χ0) is 52.2. The van der Waals surface area contributed by atoms with Crippen molar-refractivity contribution in [1.29, 1.82) is 0 Å². The molecule has 0 radical (unpaired) electrons. The van der Waals surface area contributed by atoms with Crippen molar-refractivity contribution in [3.8, 4) is 0 Å². The third-order valence-corrected chi connectivity index (χ3v) is 14.4. The number of allylic oxidation sites excluding steroid dienone is 6. The largest absolute Gasteiger partial charge is 0.462 e. The van der Waals surface area contributed by atoms with Gasteiger partial charge in [0.25, 0.3) is 0 Å². The van der Waals surface area contributed by atoms with E-state index in [2.05, 4.69) is 57.2 Å². The van der Waals surface area contributed by atoms with Crippen LogP contribution in [0.25, 0.3) is 0 Å². The van der Waals surface area contributed by atoms with Crippen molar-refractivity contribution in [3.05, 3.63) is 36.5 Å². The van der Waals surface area contributed by atoms with Crippen LogP contribution < -0.4 is 0 Å². The lowest BCUT2D eigenvalue weighted by molar-refractivity contribution is -0.167. The fourth-order valence-electron chi connectivity index (χ4n) is 9.53. The average molecular weight is 1010 g/mol. The molecule has 0 aliphatic rings. The van der Waals surface area contributed by atoms with Gasteiger partial charge in [-0.25, -0.2) is 0 Å². The molecule has 0 aromatic heterocycles. The van der Waals surface area contributed by atoms with Gasteiger partial charge < -0.3 is 14.2 Å². The van der Waals surface area contributed by atoms with Crippen LogP contribution in [-0.2, 0) is 28.6 Å². The smallest absolute Gasteiger partial charge is 0.306 e. The van der Waals surface area contributed by atoms with E-state index in [4.69, 9.17) is 14.2 Å². The third-order valence-electron chi connectivity index (χ3n) is 14.4. The van der Waals surface area contributed by atoms with E-state index in [9.17, 15) is 14.4 Å². The highest BCUT2D eigenvalue weighted by molar-refractivity contribution is 5.71. The van der Waals surface area contributed by atoms with Gasteiger partial charge in [-0.2, -0.15) is 0 Å². The van der Waals surface area contributed by atoms with Gasteiger partial charge in [0.15, 0.2) is 6.10 Å². The van der Waals surface area contributed by atoms with Crippen molar-refractivity contribution >= 4 is 17.9 Å². The summed E-state index contributed by atoms with van der Waals surface area (Å²) in [6.07, 6.45) is 74.8. The van der Waals surface area contributed by atoms with E-state index in [0.29, 0.717) is 19.3 Å². The minimum absolute atomic E-state index is 0.0695. The van der Waals surface area contributed by atoms with Crippen LogP contribution in [0.2, 0.25) is 0 Å². The molecule has 6 heteroatoms. The quantitative estimate of drug-likeness (QED) is 0.0261. The molecule has 1 atom stereocenters. The fourth-order valence-corrected chi connectivity index (χ4v) is 9.53. The van der Waals surface area contributed by atoms with Gasteiger partial charge in [0.05, 0.1) is 0 Å². The maximum absolute atomic E-state index is 12.8. The van der Waals surface area contributed by atoms with Crippen molar-refractivity contribution in [2.45, 2.75) is 354 Å². The molecule has 0 heterocycles. The van der Waals surface area contributed by atoms with Crippen molar-refractivity contribution < 1.29 is 28.6 Å². The maximum atomic E-state index is 12.8. The summed E-state index contributed by atoms with van der Waals surface area (Å²) in [6, 6.07) is 0. The zero-order valence-electron chi connectivity index (χ0n) is 48.5. The highest BCUT2D eigenvalue weighted by Crippen LogP contribution is 2.17. The summed E-state index contributed by atoms with van der Waals surface area (Å²) in [6.45, 7) is 6.62. The van der Waals surface area contributed by atoms with Crippen molar-refractivity contribution in [3.63, 3.8) is 0 Å². The van der Waals surface area contributed by atoms with Crippen LogP contribution >= 0.6 is 0 Å². The Bertz CT molecular complexity index is 1210. The number of carbonyl (C=O) groups is 3. The molecule has 72 heavy (non-hydrogen) atoms. The summed E-state index contributed by atoms with van der Waals surface area (Å²) < 4.78 is 16.8. The van der Waals surface area contributed by atoms with E-state index in [-0.39, 0.29) is 31.1 Å². The lowest BCUT2D eigenvalue weighted by Gasteiger charge is -2.18. The lowest BCUT2D eigenvalue weighted by Crippen LogP contribution is -2.30. The first-order chi connectivity index (χ1) is 35.5. The molecule has 0 aliphatic carbocycles. The second kappa shape index (κ2) is 61.2. The summed E-state index contributed by atoms with van der Waals surface area (Å²) in [4.78, 5) is 38.0. The van der Waals surface area contributed by atoms with Crippen LogP contribution in [0.15, 0.2) is 36.5 Å². The predicted octanol–water partition coefficient (Wildman–Crippen LogP) is 21.6. The van der Waals surface area contributed by atoms with Crippen LogP contribution in [-0.4, -0.2) is 37.2 Å². The molecule has 0 saturated heterocycles. The van der Waals surface area contributed by atoms with Gasteiger partial charge in [-0.3, -0.25) is 14.4 Å². The van der Waals surface area contributed by atoms with Gasteiger partial charge >= 0.3 is 17.9 Å². The Morgan fingerprint density at radius 3 is 0.778 bits per heavy atom. The Morgan fingerprint density at radius 1 is 0.278 bits per heavy atom. The van der Waals surface area contributed by atoms with E-state index >= 15 is 0 Å². The molecule has 0 amide bonds. The second-order valence-corrected chi connectivity index (χ2v) is 21.7. The molecule has 0 aromatic rings. The zero-order valence-corrected chi connectivity index (χ0v) is 48.5. The summed E-state index contributed by atoms with van der Waals surface area (Å²) in [5, 5.41) is 0.